The Bertz CT molecular complexity index is 1020. The van der Waals surface area contributed by atoms with Crippen molar-refractivity contribution in [2.45, 2.75) is 71.1 Å². The topological polar surface area (TPSA) is 0 Å². The number of fused-ring (bicyclic) bond motifs is 2. The molecule has 27 heavy (non-hydrogen) atoms. The summed E-state index contributed by atoms with van der Waals surface area (Å²) in [5.74, 6) is 1.68. The Labute approximate surface area is 163 Å². The molecule has 0 N–H and O–H groups in total. The van der Waals surface area contributed by atoms with Gasteiger partial charge in [-0.05, 0) is 76.4 Å². The number of hydrogen-bond acceptors (Lipinski definition) is 0. The van der Waals surface area contributed by atoms with Crippen LogP contribution >= 0.6 is 0 Å². The summed E-state index contributed by atoms with van der Waals surface area (Å²) in [6, 6.07) is 13.7. The van der Waals surface area contributed by atoms with Gasteiger partial charge in [-0.3, -0.25) is 0 Å². The van der Waals surface area contributed by atoms with Crippen LogP contribution < -0.4 is 0 Å². The van der Waals surface area contributed by atoms with E-state index in [4.69, 9.17) is 0 Å². The van der Waals surface area contributed by atoms with Crippen molar-refractivity contribution in [1.82, 2.24) is 0 Å². The zero-order chi connectivity index (χ0) is 18.2. The van der Waals surface area contributed by atoms with Gasteiger partial charge < -0.3 is 0 Å². The Hall–Kier alpha value is -1.82. The predicted molar refractivity (Wildman–Crippen MR) is 114 cm³/mol. The third-order valence-electron chi connectivity index (χ3n) is 7.41. The van der Waals surface area contributed by atoms with Crippen molar-refractivity contribution >= 4 is 6.08 Å². The molecule has 0 unspecified atom stereocenters. The Kier molecular flexibility index (Phi) is 4.68. The molecule has 0 aromatic heterocycles. The fourth-order valence-electron chi connectivity index (χ4n) is 5.91. The highest BCUT2D eigenvalue weighted by Gasteiger charge is 2.26. The maximum atomic E-state index is 2.68. The second-order valence-electron chi connectivity index (χ2n) is 9.08. The van der Waals surface area contributed by atoms with Crippen molar-refractivity contribution in [1.29, 1.82) is 0 Å². The maximum absolute atomic E-state index is 2.68. The second kappa shape index (κ2) is 7.30. The summed E-state index contributed by atoms with van der Waals surface area (Å²) in [5, 5.41) is 5.90. The summed E-state index contributed by atoms with van der Waals surface area (Å²) in [6.07, 6.45) is 17.0. The van der Waals surface area contributed by atoms with Crippen LogP contribution in [-0.4, -0.2) is 0 Å². The molecule has 0 saturated heterocycles. The summed E-state index contributed by atoms with van der Waals surface area (Å²) in [7, 11) is 0. The SMILES string of the molecule is Cc1ccc2c(c1C=C(C1CCCCC1)C1CCCCC1)=c1ccccc1=2. The van der Waals surface area contributed by atoms with Gasteiger partial charge in [0.15, 0.2) is 0 Å². The largest absolute Gasteiger partial charge is 0.0634 e. The lowest BCUT2D eigenvalue weighted by Gasteiger charge is -2.33. The van der Waals surface area contributed by atoms with Crippen molar-refractivity contribution in [3.8, 4) is 0 Å². The standard InChI is InChI=1S/C27H32/c1-19-16-17-24-22-14-8-9-15-23(22)27(24)25(19)18-26(20-10-4-2-5-11-20)21-12-6-3-7-13-21/h8-9,14-18,20-21H,2-7,10-13H2,1H3. The molecule has 2 saturated carbocycles. The molecule has 0 heterocycles. The van der Waals surface area contributed by atoms with E-state index in [9.17, 15) is 0 Å². The first-order valence-corrected chi connectivity index (χ1v) is 11.3. The lowest BCUT2D eigenvalue weighted by Crippen LogP contribution is -2.19. The molecule has 3 aliphatic rings. The quantitative estimate of drug-likeness (QED) is 0.458. The normalized spacial score (nSPS) is 19.7. The van der Waals surface area contributed by atoms with E-state index in [-0.39, 0.29) is 0 Å². The van der Waals surface area contributed by atoms with Crippen LogP contribution in [0, 0.1) is 39.6 Å². The average Bonchev–Trinajstić information content (AvgIpc) is 2.72. The van der Waals surface area contributed by atoms with Crippen LogP contribution in [0.25, 0.3) is 6.08 Å². The van der Waals surface area contributed by atoms with E-state index >= 15 is 0 Å². The minimum absolute atomic E-state index is 0.840. The van der Waals surface area contributed by atoms with E-state index < -0.39 is 0 Å². The van der Waals surface area contributed by atoms with Crippen LogP contribution in [-0.2, 0) is 0 Å². The van der Waals surface area contributed by atoms with Crippen LogP contribution in [0.15, 0.2) is 42.0 Å². The minimum Gasteiger partial charge on any atom is -0.0634 e. The van der Waals surface area contributed by atoms with Gasteiger partial charge in [-0.1, -0.05) is 86.6 Å². The van der Waals surface area contributed by atoms with Gasteiger partial charge in [0.25, 0.3) is 0 Å². The van der Waals surface area contributed by atoms with Crippen LogP contribution in [0.2, 0.25) is 0 Å². The zero-order valence-electron chi connectivity index (χ0n) is 16.8. The molecule has 0 radical (unpaired) electrons. The van der Waals surface area contributed by atoms with E-state index in [1.807, 2.05) is 5.57 Å². The molecule has 0 spiro atoms. The highest BCUT2D eigenvalue weighted by atomic mass is 14.3. The van der Waals surface area contributed by atoms with E-state index in [1.165, 1.54) is 96.2 Å². The molecular weight excluding hydrogens is 324 g/mol. The molecular formula is C27H32. The predicted octanol–water partition coefficient (Wildman–Crippen LogP) is 7.43. The molecule has 2 aromatic rings. The molecule has 0 aliphatic heterocycles. The first kappa shape index (κ1) is 17.3. The Morgan fingerprint density at radius 3 is 1.93 bits per heavy atom. The summed E-state index contributed by atoms with van der Waals surface area (Å²) >= 11 is 0. The molecule has 2 aromatic carbocycles. The van der Waals surface area contributed by atoms with Gasteiger partial charge in [0.1, 0.15) is 0 Å². The number of allylic oxidation sites excluding steroid dienone is 1. The summed E-state index contributed by atoms with van der Waals surface area (Å²) in [6.45, 7) is 2.31. The fraction of sp³-hybridized carbons (Fsp3) is 0.481. The van der Waals surface area contributed by atoms with Crippen molar-refractivity contribution in [2.24, 2.45) is 11.8 Å². The Morgan fingerprint density at radius 2 is 1.30 bits per heavy atom. The smallest absolute Gasteiger partial charge is 0.00237 e. The average molecular weight is 357 g/mol. The third kappa shape index (κ3) is 3.08. The van der Waals surface area contributed by atoms with Gasteiger partial charge in [-0.15, -0.1) is 0 Å². The summed E-state index contributed by atoms with van der Waals surface area (Å²) in [4.78, 5) is 0. The molecule has 3 aliphatic carbocycles. The van der Waals surface area contributed by atoms with Gasteiger partial charge in [-0.25, -0.2) is 0 Å². The number of hydrogen-bond donors (Lipinski definition) is 0. The molecule has 5 rings (SSSR count). The molecule has 0 atom stereocenters. The van der Waals surface area contributed by atoms with E-state index in [2.05, 4.69) is 49.4 Å². The van der Waals surface area contributed by atoms with Crippen molar-refractivity contribution < 1.29 is 0 Å². The van der Waals surface area contributed by atoms with Gasteiger partial charge in [0.05, 0.1) is 0 Å². The highest BCUT2D eigenvalue weighted by molar-refractivity contribution is 5.60. The molecule has 2 fully saturated rings. The zero-order valence-corrected chi connectivity index (χ0v) is 16.8. The van der Waals surface area contributed by atoms with Crippen LogP contribution in [0.5, 0.6) is 0 Å². The maximum Gasteiger partial charge on any atom is -0.00237 e. The van der Waals surface area contributed by atoms with E-state index in [0.29, 0.717) is 0 Å². The van der Waals surface area contributed by atoms with Crippen LogP contribution in [0.4, 0.5) is 0 Å². The minimum atomic E-state index is 0.840. The monoisotopic (exact) mass is 356 g/mol. The van der Waals surface area contributed by atoms with Crippen LogP contribution in [0.1, 0.15) is 75.3 Å². The van der Waals surface area contributed by atoms with Gasteiger partial charge in [-0.2, -0.15) is 0 Å². The lowest BCUT2D eigenvalue weighted by molar-refractivity contribution is 0.328. The van der Waals surface area contributed by atoms with Gasteiger partial charge >= 0.3 is 0 Å². The molecule has 0 amide bonds. The third-order valence-corrected chi connectivity index (χ3v) is 7.41. The van der Waals surface area contributed by atoms with Crippen molar-refractivity contribution in [3.63, 3.8) is 0 Å². The van der Waals surface area contributed by atoms with Crippen molar-refractivity contribution in [3.05, 3.63) is 74.0 Å². The molecule has 0 bridgehead atoms. The van der Waals surface area contributed by atoms with Gasteiger partial charge in [0.2, 0.25) is 0 Å². The Morgan fingerprint density at radius 1 is 0.704 bits per heavy atom. The molecule has 0 nitrogen and oxygen atoms in total. The summed E-state index contributed by atoms with van der Waals surface area (Å²) in [5.41, 5.74) is 4.79. The van der Waals surface area contributed by atoms with Crippen LogP contribution in [0.3, 0.4) is 0 Å². The number of benzene rings is 2. The fourth-order valence-corrected chi connectivity index (χ4v) is 5.91. The van der Waals surface area contributed by atoms with E-state index in [0.717, 1.165) is 11.8 Å². The number of aryl methyl sites for hydroxylation is 1. The Balaban J connectivity index is 1.67. The molecule has 0 heteroatoms. The van der Waals surface area contributed by atoms with E-state index in [1.54, 1.807) is 0 Å². The first-order valence-electron chi connectivity index (χ1n) is 11.3. The summed E-state index contributed by atoms with van der Waals surface area (Å²) < 4.78 is 0. The van der Waals surface area contributed by atoms with Gasteiger partial charge in [0, 0.05) is 0 Å². The second-order valence-corrected chi connectivity index (χ2v) is 9.08. The first-order chi connectivity index (χ1) is 13.3. The lowest BCUT2D eigenvalue weighted by atomic mass is 9.73. The number of rotatable bonds is 3. The molecule has 140 valence electrons. The van der Waals surface area contributed by atoms with Crippen molar-refractivity contribution in [2.75, 3.05) is 0 Å². The highest BCUT2D eigenvalue weighted by Crippen LogP contribution is 2.41.